The molecule has 1 aromatic heterocycles. The maximum atomic E-state index is 13.0. The van der Waals surface area contributed by atoms with E-state index in [0.29, 0.717) is 39.1 Å². The lowest BCUT2D eigenvalue weighted by Gasteiger charge is -2.35. The summed E-state index contributed by atoms with van der Waals surface area (Å²) in [5.41, 5.74) is 1.89. The van der Waals surface area contributed by atoms with Gasteiger partial charge in [0.2, 0.25) is 5.91 Å². The van der Waals surface area contributed by atoms with Crippen LogP contribution in [0.4, 0.5) is 0 Å². The first-order valence-corrected chi connectivity index (χ1v) is 11.0. The lowest BCUT2D eigenvalue weighted by atomic mass is 10.0. The summed E-state index contributed by atoms with van der Waals surface area (Å²) in [6.45, 7) is 3.22. The molecule has 2 aliphatic rings. The summed E-state index contributed by atoms with van der Waals surface area (Å²) >= 11 is 0. The topological polar surface area (TPSA) is 45.6 Å². The minimum absolute atomic E-state index is 0.0592. The Bertz CT molecular complexity index is 816. The number of carbonyl (C=O) groups excluding carboxylic acids is 2. The first kappa shape index (κ1) is 19.7. The molecule has 0 atom stereocenters. The van der Waals surface area contributed by atoms with Gasteiger partial charge in [-0.1, -0.05) is 56.0 Å². The molecule has 29 heavy (non-hydrogen) atoms. The van der Waals surface area contributed by atoms with Gasteiger partial charge in [0, 0.05) is 45.3 Å². The summed E-state index contributed by atoms with van der Waals surface area (Å²) in [7, 11) is 0. The van der Waals surface area contributed by atoms with Gasteiger partial charge >= 0.3 is 0 Å². The fourth-order valence-corrected chi connectivity index (χ4v) is 4.63. The smallest absolute Gasteiger partial charge is 0.270 e. The van der Waals surface area contributed by atoms with Crippen molar-refractivity contribution in [3.05, 3.63) is 59.9 Å². The summed E-state index contributed by atoms with van der Waals surface area (Å²) < 4.78 is 2.01. The largest absolute Gasteiger partial charge is 0.339 e. The zero-order valence-electron chi connectivity index (χ0n) is 17.1. The van der Waals surface area contributed by atoms with Gasteiger partial charge in [0.25, 0.3) is 5.91 Å². The van der Waals surface area contributed by atoms with Gasteiger partial charge in [-0.05, 0) is 30.0 Å². The van der Waals surface area contributed by atoms with Crippen molar-refractivity contribution in [3.8, 4) is 0 Å². The van der Waals surface area contributed by atoms with E-state index in [1.165, 1.54) is 31.2 Å². The van der Waals surface area contributed by atoms with Crippen LogP contribution in [0.15, 0.2) is 48.7 Å². The van der Waals surface area contributed by atoms with Crippen molar-refractivity contribution in [1.29, 1.82) is 0 Å². The minimum Gasteiger partial charge on any atom is -0.339 e. The maximum Gasteiger partial charge on any atom is 0.270 e. The fraction of sp³-hybridized carbons (Fsp3) is 0.500. The highest BCUT2D eigenvalue weighted by atomic mass is 16.2. The SMILES string of the molecule is O=C(CCC1CCCC1)N1CCN(C(=O)c2cccn2Cc2ccccc2)CC1. The molecular formula is C24H31N3O2. The number of hydrogen-bond acceptors (Lipinski definition) is 2. The average Bonchev–Trinajstić information content (AvgIpc) is 3.44. The molecule has 2 amide bonds. The quantitative estimate of drug-likeness (QED) is 0.750. The number of hydrogen-bond donors (Lipinski definition) is 0. The van der Waals surface area contributed by atoms with Gasteiger partial charge in [0.15, 0.2) is 0 Å². The molecule has 0 spiro atoms. The third-order valence-corrected chi connectivity index (χ3v) is 6.41. The number of nitrogens with zero attached hydrogens (tertiary/aromatic N) is 3. The number of benzene rings is 1. The number of amides is 2. The van der Waals surface area contributed by atoms with E-state index in [2.05, 4.69) is 12.1 Å². The molecule has 1 saturated carbocycles. The molecule has 2 fully saturated rings. The van der Waals surface area contributed by atoms with E-state index >= 15 is 0 Å². The van der Waals surface area contributed by atoms with Gasteiger partial charge in [-0.25, -0.2) is 0 Å². The van der Waals surface area contributed by atoms with Gasteiger partial charge in [-0.2, -0.15) is 0 Å². The highest BCUT2D eigenvalue weighted by Crippen LogP contribution is 2.28. The second kappa shape index (κ2) is 9.29. The molecule has 0 N–H and O–H groups in total. The van der Waals surface area contributed by atoms with Gasteiger partial charge in [-0.15, -0.1) is 0 Å². The Morgan fingerprint density at radius 2 is 1.55 bits per heavy atom. The van der Waals surface area contributed by atoms with Crippen molar-refractivity contribution < 1.29 is 9.59 Å². The molecule has 2 heterocycles. The Balaban J connectivity index is 1.29. The molecule has 2 aromatic rings. The summed E-state index contributed by atoms with van der Waals surface area (Å²) in [6, 6.07) is 14.0. The van der Waals surface area contributed by atoms with E-state index in [9.17, 15) is 9.59 Å². The standard InChI is InChI=1S/C24H31N3O2/c28-23(13-12-20-7-4-5-8-20)25-15-17-26(18-16-25)24(29)22-11-6-14-27(22)19-21-9-2-1-3-10-21/h1-3,6,9-11,14,20H,4-5,7-8,12-13,15-19H2. The van der Waals surface area contributed by atoms with Gasteiger partial charge in [0.05, 0.1) is 0 Å². The Labute approximate surface area is 173 Å². The van der Waals surface area contributed by atoms with E-state index in [1.54, 1.807) is 0 Å². The molecule has 0 unspecified atom stereocenters. The van der Waals surface area contributed by atoms with Crippen LogP contribution in [0.2, 0.25) is 0 Å². The first-order valence-electron chi connectivity index (χ1n) is 11.0. The van der Waals surface area contributed by atoms with Crippen LogP contribution in [0, 0.1) is 5.92 Å². The third-order valence-electron chi connectivity index (χ3n) is 6.41. The average molecular weight is 394 g/mol. The van der Waals surface area contributed by atoms with Crippen molar-refractivity contribution in [2.24, 2.45) is 5.92 Å². The number of aromatic nitrogens is 1. The third kappa shape index (κ3) is 4.89. The van der Waals surface area contributed by atoms with E-state index in [4.69, 9.17) is 0 Å². The lowest BCUT2D eigenvalue weighted by molar-refractivity contribution is -0.133. The van der Waals surface area contributed by atoms with Crippen molar-refractivity contribution in [2.45, 2.75) is 45.1 Å². The Morgan fingerprint density at radius 3 is 2.28 bits per heavy atom. The van der Waals surface area contributed by atoms with Crippen molar-refractivity contribution in [2.75, 3.05) is 26.2 Å². The molecule has 0 radical (unpaired) electrons. The summed E-state index contributed by atoms with van der Waals surface area (Å²) in [5, 5.41) is 0. The van der Waals surface area contributed by atoms with Crippen LogP contribution >= 0.6 is 0 Å². The zero-order chi connectivity index (χ0) is 20.1. The Hall–Kier alpha value is -2.56. The van der Waals surface area contributed by atoms with Crippen LogP contribution in [0.5, 0.6) is 0 Å². The zero-order valence-corrected chi connectivity index (χ0v) is 17.1. The van der Waals surface area contributed by atoms with Crippen LogP contribution in [-0.2, 0) is 11.3 Å². The molecule has 1 aromatic carbocycles. The van der Waals surface area contributed by atoms with Crippen LogP contribution in [-0.4, -0.2) is 52.4 Å². The predicted octanol–water partition coefficient (Wildman–Crippen LogP) is 3.79. The highest BCUT2D eigenvalue weighted by molar-refractivity contribution is 5.93. The van der Waals surface area contributed by atoms with Crippen LogP contribution < -0.4 is 0 Å². The minimum atomic E-state index is 0.0592. The van der Waals surface area contributed by atoms with Gasteiger partial charge in [0.1, 0.15) is 5.69 Å². The van der Waals surface area contributed by atoms with E-state index in [1.807, 2.05) is 50.9 Å². The van der Waals surface area contributed by atoms with Crippen LogP contribution in [0.25, 0.3) is 0 Å². The number of rotatable bonds is 6. The summed E-state index contributed by atoms with van der Waals surface area (Å²) in [5.74, 6) is 1.07. The van der Waals surface area contributed by atoms with Crippen LogP contribution in [0.3, 0.4) is 0 Å². The number of carbonyl (C=O) groups is 2. The first-order chi connectivity index (χ1) is 14.2. The van der Waals surface area contributed by atoms with Crippen LogP contribution in [0.1, 0.15) is 54.6 Å². The second-order valence-corrected chi connectivity index (χ2v) is 8.37. The van der Waals surface area contributed by atoms with E-state index in [-0.39, 0.29) is 11.8 Å². The molecule has 5 nitrogen and oxygen atoms in total. The number of piperazine rings is 1. The van der Waals surface area contributed by atoms with Crippen molar-refractivity contribution in [1.82, 2.24) is 14.4 Å². The Morgan fingerprint density at radius 1 is 0.862 bits per heavy atom. The molecule has 154 valence electrons. The molecule has 4 rings (SSSR count). The molecular weight excluding hydrogens is 362 g/mol. The monoisotopic (exact) mass is 393 g/mol. The van der Waals surface area contributed by atoms with Crippen molar-refractivity contribution >= 4 is 11.8 Å². The van der Waals surface area contributed by atoms with Gasteiger partial charge in [-0.3, -0.25) is 9.59 Å². The molecule has 5 heteroatoms. The normalized spacial score (nSPS) is 17.7. The highest BCUT2D eigenvalue weighted by Gasteiger charge is 2.26. The fourth-order valence-electron chi connectivity index (χ4n) is 4.63. The second-order valence-electron chi connectivity index (χ2n) is 8.37. The predicted molar refractivity (Wildman–Crippen MR) is 114 cm³/mol. The maximum absolute atomic E-state index is 13.0. The molecule has 0 bridgehead atoms. The van der Waals surface area contributed by atoms with E-state index in [0.717, 1.165) is 18.0 Å². The molecule has 1 aliphatic heterocycles. The molecule has 1 saturated heterocycles. The lowest BCUT2D eigenvalue weighted by Crippen LogP contribution is -2.50. The Kier molecular flexibility index (Phi) is 6.33. The van der Waals surface area contributed by atoms with Gasteiger partial charge < -0.3 is 14.4 Å². The van der Waals surface area contributed by atoms with Crippen molar-refractivity contribution in [3.63, 3.8) is 0 Å². The molecule has 1 aliphatic carbocycles. The summed E-state index contributed by atoms with van der Waals surface area (Å²) in [4.78, 5) is 29.4. The summed E-state index contributed by atoms with van der Waals surface area (Å²) in [6.07, 6.45) is 8.89. The van der Waals surface area contributed by atoms with E-state index < -0.39 is 0 Å².